The Labute approximate surface area is 125 Å². The molecule has 2 unspecified atom stereocenters. The van der Waals surface area contributed by atoms with Crippen LogP contribution in [0.25, 0.3) is 0 Å². The quantitative estimate of drug-likeness (QED) is 0.892. The Morgan fingerprint density at radius 1 is 1.19 bits per heavy atom. The van der Waals surface area contributed by atoms with E-state index in [0.29, 0.717) is 30.7 Å². The van der Waals surface area contributed by atoms with Gasteiger partial charge < -0.3 is 15.4 Å². The molecular weight excluding hydrogens is 266 g/mol. The van der Waals surface area contributed by atoms with Gasteiger partial charge in [-0.3, -0.25) is 4.90 Å². The third kappa shape index (κ3) is 2.70. The van der Waals surface area contributed by atoms with Crippen LogP contribution in [0.15, 0.2) is 6.07 Å². The fourth-order valence-corrected chi connectivity index (χ4v) is 3.48. The number of fused-ring (bicyclic) bond motifs is 2. The maximum Gasteiger partial charge on any atom is 0.222 e. The number of hydrogen-bond donors (Lipinski definition) is 1. The second kappa shape index (κ2) is 5.10. The Bertz CT molecular complexity index is 519. The van der Waals surface area contributed by atoms with E-state index in [2.05, 4.69) is 26.8 Å². The number of nitrogens with two attached hydrogens (primary N) is 1. The minimum atomic E-state index is 0.355. The number of nitrogens with zero attached hydrogens (tertiary/aromatic N) is 4. The van der Waals surface area contributed by atoms with Crippen LogP contribution in [0, 0.1) is 0 Å². The minimum Gasteiger partial charge on any atom is -0.372 e. The first-order valence-electron chi connectivity index (χ1n) is 7.91. The van der Waals surface area contributed by atoms with E-state index in [0.717, 1.165) is 24.6 Å². The molecule has 6 heteroatoms. The van der Waals surface area contributed by atoms with Crippen LogP contribution in [0.1, 0.15) is 31.4 Å². The van der Waals surface area contributed by atoms with Crippen molar-refractivity contribution in [3.8, 4) is 0 Å². The van der Waals surface area contributed by atoms with E-state index in [4.69, 9.17) is 10.5 Å². The average Bonchev–Trinajstić information content (AvgIpc) is 3.26. The zero-order chi connectivity index (χ0) is 14.4. The largest absolute Gasteiger partial charge is 0.372 e. The molecule has 1 aromatic rings. The third-order valence-corrected chi connectivity index (χ3v) is 4.95. The normalized spacial score (nSPS) is 29.1. The molecule has 3 fully saturated rings. The van der Waals surface area contributed by atoms with E-state index in [-0.39, 0.29) is 0 Å². The highest BCUT2D eigenvalue weighted by Gasteiger charge is 2.38. The third-order valence-electron chi connectivity index (χ3n) is 4.95. The van der Waals surface area contributed by atoms with Crippen LogP contribution in [-0.4, -0.2) is 53.2 Å². The summed E-state index contributed by atoms with van der Waals surface area (Å²) in [6.07, 6.45) is 5.36. The maximum absolute atomic E-state index is 5.89. The highest BCUT2D eigenvalue weighted by molar-refractivity contribution is 5.45. The fourth-order valence-electron chi connectivity index (χ4n) is 3.48. The van der Waals surface area contributed by atoms with Crippen LogP contribution in [-0.2, 0) is 11.3 Å². The van der Waals surface area contributed by atoms with Gasteiger partial charge in [-0.05, 0) is 32.7 Å². The molecule has 1 aromatic heterocycles. The molecule has 4 rings (SSSR count). The molecule has 3 heterocycles. The van der Waals surface area contributed by atoms with E-state index >= 15 is 0 Å². The van der Waals surface area contributed by atoms with Gasteiger partial charge in [0.25, 0.3) is 0 Å². The van der Waals surface area contributed by atoms with Gasteiger partial charge in [-0.1, -0.05) is 0 Å². The summed E-state index contributed by atoms with van der Waals surface area (Å²) in [4.78, 5) is 13.6. The topological polar surface area (TPSA) is 67.5 Å². The number of rotatable bonds is 4. The summed E-state index contributed by atoms with van der Waals surface area (Å²) in [6, 6.07) is 3.33. The van der Waals surface area contributed by atoms with Crippen molar-refractivity contribution < 1.29 is 4.74 Å². The van der Waals surface area contributed by atoms with Crippen molar-refractivity contribution in [3.05, 3.63) is 11.8 Å². The second-order valence-corrected chi connectivity index (χ2v) is 6.54. The zero-order valence-electron chi connectivity index (χ0n) is 12.5. The highest BCUT2D eigenvalue weighted by atomic mass is 16.5. The molecule has 1 saturated carbocycles. The zero-order valence-corrected chi connectivity index (χ0v) is 12.5. The van der Waals surface area contributed by atoms with Crippen molar-refractivity contribution in [3.63, 3.8) is 0 Å². The number of anilines is 2. The number of aromatic nitrogens is 2. The van der Waals surface area contributed by atoms with Crippen LogP contribution < -0.4 is 10.6 Å². The van der Waals surface area contributed by atoms with E-state index in [9.17, 15) is 0 Å². The Morgan fingerprint density at radius 2 is 1.90 bits per heavy atom. The Hall–Kier alpha value is -1.40. The molecule has 0 spiro atoms. The van der Waals surface area contributed by atoms with Crippen LogP contribution in [0.5, 0.6) is 0 Å². The molecule has 3 aliphatic rings. The summed E-state index contributed by atoms with van der Waals surface area (Å²) < 4.78 is 5.74. The lowest BCUT2D eigenvalue weighted by molar-refractivity contribution is 0.103. The molecule has 0 amide bonds. The molecular formula is C15H23N5O. The van der Waals surface area contributed by atoms with E-state index in [1.165, 1.54) is 25.7 Å². The molecule has 0 aromatic carbocycles. The van der Waals surface area contributed by atoms with E-state index < -0.39 is 0 Å². The predicted octanol–water partition coefficient (Wildman–Crippen LogP) is 1.02. The number of nitrogen functional groups attached to an aromatic ring is 1. The molecule has 2 aliphatic heterocycles. The molecule has 0 radical (unpaired) electrons. The van der Waals surface area contributed by atoms with Crippen LogP contribution in [0.2, 0.25) is 0 Å². The number of ether oxygens (including phenoxy) is 1. The summed E-state index contributed by atoms with van der Waals surface area (Å²) in [5.74, 6) is 1.31. The van der Waals surface area contributed by atoms with Gasteiger partial charge in [0.1, 0.15) is 5.82 Å². The molecule has 2 N–H and O–H groups in total. The summed E-state index contributed by atoms with van der Waals surface area (Å²) in [6.45, 7) is 2.61. The van der Waals surface area contributed by atoms with Crippen molar-refractivity contribution in [2.45, 2.75) is 50.5 Å². The first kappa shape index (κ1) is 13.3. The van der Waals surface area contributed by atoms with Gasteiger partial charge in [-0.25, -0.2) is 4.98 Å². The van der Waals surface area contributed by atoms with E-state index in [1.54, 1.807) is 0 Å². The monoisotopic (exact) mass is 289 g/mol. The van der Waals surface area contributed by atoms with Gasteiger partial charge in [-0.2, -0.15) is 4.98 Å². The lowest BCUT2D eigenvalue weighted by Gasteiger charge is -2.39. The second-order valence-electron chi connectivity index (χ2n) is 6.54. The van der Waals surface area contributed by atoms with Crippen LogP contribution in [0.4, 0.5) is 11.8 Å². The van der Waals surface area contributed by atoms with Crippen molar-refractivity contribution in [2.24, 2.45) is 0 Å². The number of hydrogen-bond acceptors (Lipinski definition) is 6. The maximum atomic E-state index is 5.89. The van der Waals surface area contributed by atoms with Crippen molar-refractivity contribution in [2.75, 3.05) is 30.8 Å². The molecule has 21 heavy (non-hydrogen) atoms. The SMILES string of the molecule is CN1C2CCC1CN(c1cc(COC3CC3)nc(N)n1)C2. The molecule has 2 bridgehead atoms. The number of likely N-dealkylation sites (N-methyl/N-ethyl adjacent to an activating group) is 1. The average molecular weight is 289 g/mol. The van der Waals surface area contributed by atoms with Crippen LogP contribution in [0.3, 0.4) is 0 Å². The van der Waals surface area contributed by atoms with Crippen molar-refractivity contribution in [1.29, 1.82) is 0 Å². The van der Waals surface area contributed by atoms with Crippen molar-refractivity contribution >= 4 is 11.8 Å². The van der Waals surface area contributed by atoms with E-state index in [1.807, 2.05) is 6.07 Å². The summed E-state index contributed by atoms with van der Waals surface area (Å²) in [5.41, 5.74) is 6.78. The Kier molecular flexibility index (Phi) is 3.23. The minimum absolute atomic E-state index is 0.355. The predicted molar refractivity (Wildman–Crippen MR) is 81.0 cm³/mol. The summed E-state index contributed by atoms with van der Waals surface area (Å²) >= 11 is 0. The molecule has 114 valence electrons. The van der Waals surface area contributed by atoms with Crippen LogP contribution >= 0.6 is 0 Å². The Morgan fingerprint density at radius 3 is 2.57 bits per heavy atom. The van der Waals surface area contributed by atoms with Gasteiger partial charge >= 0.3 is 0 Å². The fraction of sp³-hybridized carbons (Fsp3) is 0.733. The first-order chi connectivity index (χ1) is 10.2. The Balaban J connectivity index is 1.51. The van der Waals surface area contributed by atoms with Crippen molar-refractivity contribution in [1.82, 2.24) is 14.9 Å². The number of piperazine rings is 1. The molecule has 1 aliphatic carbocycles. The molecule has 2 saturated heterocycles. The van der Waals surface area contributed by atoms with Gasteiger partial charge in [0.15, 0.2) is 0 Å². The summed E-state index contributed by atoms with van der Waals surface area (Å²) in [5, 5.41) is 0. The van der Waals surface area contributed by atoms with Gasteiger partial charge in [-0.15, -0.1) is 0 Å². The smallest absolute Gasteiger partial charge is 0.222 e. The standard InChI is InChI=1S/C15H23N5O/c1-19-11-2-3-12(19)8-20(7-11)14-6-10(17-15(16)18-14)9-21-13-4-5-13/h6,11-13H,2-5,7-9H2,1H3,(H2,16,17,18). The first-order valence-corrected chi connectivity index (χ1v) is 7.91. The van der Waals surface area contributed by atoms with Gasteiger partial charge in [0, 0.05) is 31.2 Å². The summed E-state index contributed by atoms with van der Waals surface area (Å²) in [7, 11) is 2.24. The molecule has 6 nitrogen and oxygen atoms in total. The lowest BCUT2D eigenvalue weighted by Crippen LogP contribution is -2.52. The highest BCUT2D eigenvalue weighted by Crippen LogP contribution is 2.31. The van der Waals surface area contributed by atoms with Gasteiger partial charge in [0.05, 0.1) is 18.4 Å². The molecule has 2 atom stereocenters. The van der Waals surface area contributed by atoms with Gasteiger partial charge in [0.2, 0.25) is 5.95 Å². The lowest BCUT2D eigenvalue weighted by atomic mass is 10.2.